The predicted octanol–water partition coefficient (Wildman–Crippen LogP) is 2.65. The Morgan fingerprint density at radius 2 is 2.06 bits per heavy atom. The first-order chi connectivity index (χ1) is 8.45. The average molecular weight is 248 g/mol. The monoisotopic (exact) mass is 248 g/mol. The van der Waals surface area contributed by atoms with Crippen molar-refractivity contribution >= 4 is 11.8 Å². The molecule has 4 rings (SSSR count). The highest BCUT2D eigenvalue weighted by molar-refractivity contribution is 6.02. The summed E-state index contributed by atoms with van der Waals surface area (Å²) >= 11 is 0. The van der Waals surface area contributed by atoms with Crippen LogP contribution in [0.25, 0.3) is 0 Å². The van der Waals surface area contributed by atoms with Crippen LogP contribution in [-0.4, -0.2) is 18.9 Å². The molecule has 0 radical (unpaired) electrons. The van der Waals surface area contributed by atoms with E-state index in [4.69, 9.17) is 4.74 Å². The SMILES string of the molecule is COC(=O)C1=C2CCCC23CCC1C(C)(C)C3=O. The van der Waals surface area contributed by atoms with E-state index in [1.807, 2.05) is 13.8 Å². The summed E-state index contributed by atoms with van der Waals surface area (Å²) in [5.74, 6) is 0.223. The van der Waals surface area contributed by atoms with Gasteiger partial charge < -0.3 is 4.74 Å². The number of hydrogen-bond donors (Lipinski definition) is 0. The first kappa shape index (κ1) is 11.9. The molecule has 0 saturated heterocycles. The van der Waals surface area contributed by atoms with Gasteiger partial charge in [0.15, 0.2) is 0 Å². The van der Waals surface area contributed by atoms with Gasteiger partial charge in [-0.05, 0) is 37.7 Å². The molecular formula is C15H20O3. The van der Waals surface area contributed by atoms with Crippen LogP contribution in [0.4, 0.5) is 0 Å². The van der Waals surface area contributed by atoms with E-state index in [-0.39, 0.29) is 17.3 Å². The van der Waals surface area contributed by atoms with Crippen LogP contribution < -0.4 is 0 Å². The van der Waals surface area contributed by atoms with Crippen molar-refractivity contribution < 1.29 is 14.3 Å². The van der Waals surface area contributed by atoms with Crippen molar-refractivity contribution in [1.29, 1.82) is 0 Å². The van der Waals surface area contributed by atoms with E-state index in [1.54, 1.807) is 0 Å². The van der Waals surface area contributed by atoms with Crippen molar-refractivity contribution in [2.75, 3.05) is 7.11 Å². The fourth-order valence-corrected chi connectivity index (χ4v) is 4.61. The molecule has 0 N–H and O–H groups in total. The molecule has 4 aliphatic rings. The Labute approximate surface area is 108 Å². The van der Waals surface area contributed by atoms with Crippen LogP contribution >= 0.6 is 0 Å². The number of Topliss-reactive ketones (excluding diaryl/α,β-unsaturated/α-hetero) is 1. The number of fused-ring (bicyclic) bond motifs is 2. The molecule has 4 aliphatic carbocycles. The first-order valence-corrected chi connectivity index (χ1v) is 6.82. The van der Waals surface area contributed by atoms with Crippen molar-refractivity contribution in [3.63, 3.8) is 0 Å². The molecule has 0 amide bonds. The van der Waals surface area contributed by atoms with Gasteiger partial charge in [-0.2, -0.15) is 0 Å². The Kier molecular flexibility index (Phi) is 2.30. The molecule has 3 nitrogen and oxygen atoms in total. The number of hydrogen-bond acceptors (Lipinski definition) is 3. The lowest BCUT2D eigenvalue weighted by Crippen LogP contribution is -2.54. The third-order valence-electron chi connectivity index (χ3n) is 5.44. The molecule has 0 aromatic rings. The molecule has 2 fully saturated rings. The summed E-state index contributed by atoms with van der Waals surface area (Å²) in [7, 11) is 1.44. The minimum atomic E-state index is -0.407. The molecule has 98 valence electrons. The highest BCUT2D eigenvalue weighted by atomic mass is 16.5. The van der Waals surface area contributed by atoms with Gasteiger partial charge in [0.2, 0.25) is 0 Å². The molecule has 2 bridgehead atoms. The number of esters is 1. The van der Waals surface area contributed by atoms with Crippen LogP contribution in [-0.2, 0) is 14.3 Å². The van der Waals surface area contributed by atoms with E-state index in [9.17, 15) is 9.59 Å². The molecule has 2 saturated carbocycles. The summed E-state index contributed by atoms with van der Waals surface area (Å²) in [6.07, 6.45) is 4.76. The summed E-state index contributed by atoms with van der Waals surface area (Å²) in [4.78, 5) is 24.9. The summed E-state index contributed by atoms with van der Waals surface area (Å²) in [6.45, 7) is 4.00. The highest BCUT2D eigenvalue weighted by Crippen LogP contribution is 2.64. The first-order valence-electron chi connectivity index (χ1n) is 6.82. The minimum Gasteiger partial charge on any atom is -0.466 e. The zero-order valence-corrected chi connectivity index (χ0v) is 11.3. The van der Waals surface area contributed by atoms with Gasteiger partial charge in [-0.15, -0.1) is 0 Å². The molecule has 0 aromatic heterocycles. The van der Waals surface area contributed by atoms with Crippen LogP contribution in [0.1, 0.15) is 46.0 Å². The van der Waals surface area contributed by atoms with E-state index in [0.717, 1.165) is 43.3 Å². The zero-order valence-electron chi connectivity index (χ0n) is 11.3. The Balaban J connectivity index is 2.24. The van der Waals surface area contributed by atoms with Crippen LogP contribution in [0.3, 0.4) is 0 Å². The number of ketones is 1. The highest BCUT2D eigenvalue weighted by Gasteiger charge is 2.62. The summed E-state index contributed by atoms with van der Waals surface area (Å²) in [6, 6.07) is 0. The zero-order chi connectivity index (χ0) is 13.1. The van der Waals surface area contributed by atoms with Crippen molar-refractivity contribution in [3.05, 3.63) is 11.1 Å². The largest absolute Gasteiger partial charge is 0.466 e. The number of allylic oxidation sites excluding steroid dienone is 1. The van der Waals surface area contributed by atoms with Gasteiger partial charge in [0.05, 0.1) is 12.5 Å². The van der Waals surface area contributed by atoms with E-state index in [1.165, 1.54) is 7.11 Å². The van der Waals surface area contributed by atoms with Gasteiger partial charge in [0.1, 0.15) is 5.78 Å². The van der Waals surface area contributed by atoms with Crippen LogP contribution in [0.2, 0.25) is 0 Å². The molecule has 2 atom stereocenters. The molecular weight excluding hydrogens is 228 g/mol. The number of carbonyl (C=O) groups is 2. The van der Waals surface area contributed by atoms with Gasteiger partial charge in [-0.25, -0.2) is 4.79 Å². The number of ether oxygens (including phenoxy) is 1. The molecule has 0 aliphatic heterocycles. The molecule has 1 spiro atoms. The van der Waals surface area contributed by atoms with Crippen molar-refractivity contribution in [2.45, 2.75) is 46.0 Å². The second-order valence-electron chi connectivity index (χ2n) is 6.46. The van der Waals surface area contributed by atoms with Gasteiger partial charge >= 0.3 is 5.97 Å². The van der Waals surface area contributed by atoms with E-state index in [2.05, 4.69) is 0 Å². The second kappa shape index (κ2) is 3.46. The number of rotatable bonds is 1. The maximum Gasteiger partial charge on any atom is 0.334 e. The van der Waals surface area contributed by atoms with Crippen LogP contribution in [0.15, 0.2) is 11.1 Å². The van der Waals surface area contributed by atoms with Crippen LogP contribution in [0.5, 0.6) is 0 Å². The normalized spacial score (nSPS) is 36.8. The molecule has 0 aromatic carbocycles. The molecule has 2 unspecified atom stereocenters. The third-order valence-corrected chi connectivity index (χ3v) is 5.44. The maximum atomic E-state index is 12.8. The second-order valence-corrected chi connectivity index (χ2v) is 6.46. The van der Waals surface area contributed by atoms with E-state index < -0.39 is 5.41 Å². The van der Waals surface area contributed by atoms with Crippen molar-refractivity contribution in [1.82, 2.24) is 0 Å². The predicted molar refractivity (Wildman–Crippen MR) is 66.8 cm³/mol. The van der Waals surface area contributed by atoms with Gasteiger partial charge in [0.25, 0.3) is 0 Å². The summed E-state index contributed by atoms with van der Waals surface area (Å²) in [5, 5.41) is 0. The van der Waals surface area contributed by atoms with Crippen molar-refractivity contribution in [3.8, 4) is 0 Å². The minimum absolute atomic E-state index is 0.0624. The Bertz CT molecular complexity index is 472. The smallest absolute Gasteiger partial charge is 0.334 e. The number of carbonyl (C=O) groups excluding carboxylic acids is 2. The lowest BCUT2D eigenvalue weighted by Gasteiger charge is -2.52. The number of methoxy groups -OCH3 is 1. The molecule has 0 heterocycles. The van der Waals surface area contributed by atoms with Gasteiger partial charge in [-0.3, -0.25) is 4.79 Å². The van der Waals surface area contributed by atoms with Crippen molar-refractivity contribution in [2.24, 2.45) is 16.7 Å². The van der Waals surface area contributed by atoms with E-state index >= 15 is 0 Å². The lowest BCUT2D eigenvalue weighted by atomic mass is 9.49. The maximum absolute atomic E-state index is 12.8. The fraction of sp³-hybridized carbons (Fsp3) is 0.733. The van der Waals surface area contributed by atoms with Crippen LogP contribution in [0, 0.1) is 16.7 Å². The Morgan fingerprint density at radius 3 is 2.72 bits per heavy atom. The summed E-state index contributed by atoms with van der Waals surface area (Å²) < 4.78 is 4.97. The summed E-state index contributed by atoms with van der Waals surface area (Å²) in [5.41, 5.74) is 1.23. The Morgan fingerprint density at radius 1 is 1.33 bits per heavy atom. The fourth-order valence-electron chi connectivity index (χ4n) is 4.61. The molecule has 3 heteroatoms. The standard InChI is InChI=1S/C15H20O3/c1-14(2)9-6-8-15(13(14)17)7-4-5-10(15)11(9)12(16)18-3/h9H,4-8H2,1-3H3. The van der Waals surface area contributed by atoms with E-state index in [0.29, 0.717) is 5.78 Å². The molecule has 18 heavy (non-hydrogen) atoms. The topological polar surface area (TPSA) is 43.4 Å². The van der Waals surface area contributed by atoms with Gasteiger partial charge in [0, 0.05) is 16.9 Å². The average Bonchev–Trinajstić information content (AvgIpc) is 2.78. The Hall–Kier alpha value is -1.12. The van der Waals surface area contributed by atoms with Gasteiger partial charge in [-0.1, -0.05) is 13.8 Å². The lowest BCUT2D eigenvalue weighted by molar-refractivity contribution is -0.147. The third kappa shape index (κ3) is 1.15. The quantitative estimate of drug-likeness (QED) is 0.670.